The molecule has 0 amide bonds. The molecule has 0 atom stereocenters. The zero-order valence-corrected chi connectivity index (χ0v) is 19.6. The van der Waals surface area contributed by atoms with Gasteiger partial charge in [0, 0.05) is 70.0 Å². The van der Waals surface area contributed by atoms with Crippen LogP contribution in [0.3, 0.4) is 0 Å². The Hall–Kier alpha value is -1.60. The van der Waals surface area contributed by atoms with Crippen molar-refractivity contribution < 1.29 is 0 Å². The molecule has 5 rings (SSSR count). The summed E-state index contributed by atoms with van der Waals surface area (Å²) in [5, 5.41) is 2.51. The Labute approximate surface area is 187 Å². The first-order valence-corrected chi connectivity index (χ1v) is 11.6. The third-order valence-electron chi connectivity index (χ3n) is 5.96. The standard InChI is InChI=1S/C23H24Br2N4/c1-27-6-8-28(9-7-27)10-11-29-22-5-4-18(24)12-17(22)14-23(29)21-13-16-2-3-19(25)15-20(16)26-21/h2-5,12-15,26H,6-11H2,1H3. The number of fused-ring (bicyclic) bond motifs is 2. The quantitative estimate of drug-likeness (QED) is 0.385. The molecule has 0 aliphatic carbocycles. The number of hydrogen-bond donors (Lipinski definition) is 1. The van der Waals surface area contributed by atoms with Crippen LogP contribution in [0.4, 0.5) is 0 Å². The van der Waals surface area contributed by atoms with E-state index in [-0.39, 0.29) is 0 Å². The van der Waals surface area contributed by atoms with Gasteiger partial charge in [-0.1, -0.05) is 37.9 Å². The van der Waals surface area contributed by atoms with Crippen LogP contribution < -0.4 is 0 Å². The summed E-state index contributed by atoms with van der Waals surface area (Å²) in [6.45, 7) is 6.68. The van der Waals surface area contributed by atoms with Gasteiger partial charge in [0.15, 0.2) is 0 Å². The Bertz CT molecular complexity index is 1170. The first-order valence-electron chi connectivity index (χ1n) is 10.1. The largest absolute Gasteiger partial charge is 0.353 e. The molecule has 2 aromatic carbocycles. The van der Waals surface area contributed by atoms with Crippen LogP contribution in [0.5, 0.6) is 0 Å². The Morgan fingerprint density at radius 1 is 0.828 bits per heavy atom. The number of likely N-dealkylation sites (N-methyl/N-ethyl adjacent to an activating group) is 1. The zero-order chi connectivity index (χ0) is 20.0. The molecular formula is C23H24Br2N4. The monoisotopic (exact) mass is 514 g/mol. The molecule has 1 aliphatic heterocycles. The van der Waals surface area contributed by atoms with Gasteiger partial charge in [0.25, 0.3) is 0 Å². The molecule has 1 N–H and O–H groups in total. The number of benzene rings is 2. The van der Waals surface area contributed by atoms with Crippen molar-refractivity contribution in [2.75, 3.05) is 39.8 Å². The molecule has 4 aromatic rings. The van der Waals surface area contributed by atoms with Crippen molar-refractivity contribution >= 4 is 53.7 Å². The second-order valence-electron chi connectivity index (χ2n) is 7.94. The third kappa shape index (κ3) is 3.91. The highest BCUT2D eigenvalue weighted by Gasteiger charge is 2.17. The highest BCUT2D eigenvalue weighted by Crippen LogP contribution is 2.32. The van der Waals surface area contributed by atoms with Gasteiger partial charge in [0.2, 0.25) is 0 Å². The van der Waals surface area contributed by atoms with Crippen molar-refractivity contribution in [2.45, 2.75) is 6.54 Å². The number of H-pyrrole nitrogens is 1. The number of aromatic amines is 1. The van der Waals surface area contributed by atoms with Crippen LogP contribution >= 0.6 is 31.9 Å². The van der Waals surface area contributed by atoms with Crippen LogP contribution in [0.1, 0.15) is 0 Å². The number of rotatable bonds is 4. The third-order valence-corrected chi connectivity index (χ3v) is 6.95. The van der Waals surface area contributed by atoms with Crippen molar-refractivity contribution in [3.8, 4) is 11.4 Å². The number of nitrogens with one attached hydrogen (secondary N) is 1. The molecule has 0 unspecified atom stereocenters. The van der Waals surface area contributed by atoms with Crippen molar-refractivity contribution in [2.24, 2.45) is 0 Å². The predicted molar refractivity (Wildman–Crippen MR) is 129 cm³/mol. The topological polar surface area (TPSA) is 27.2 Å². The second kappa shape index (κ2) is 7.91. The Morgan fingerprint density at radius 2 is 1.59 bits per heavy atom. The van der Waals surface area contributed by atoms with Gasteiger partial charge in [0.1, 0.15) is 0 Å². The van der Waals surface area contributed by atoms with E-state index in [1.165, 1.54) is 27.7 Å². The van der Waals surface area contributed by atoms with Crippen molar-refractivity contribution in [3.05, 3.63) is 57.5 Å². The van der Waals surface area contributed by atoms with E-state index < -0.39 is 0 Å². The normalized spacial score (nSPS) is 16.2. The fraction of sp³-hybridized carbons (Fsp3) is 0.304. The molecule has 150 valence electrons. The van der Waals surface area contributed by atoms with E-state index in [9.17, 15) is 0 Å². The van der Waals surface area contributed by atoms with Gasteiger partial charge in [-0.25, -0.2) is 0 Å². The minimum absolute atomic E-state index is 0.989. The first-order chi connectivity index (χ1) is 14.1. The number of nitrogens with zero attached hydrogens (tertiary/aromatic N) is 3. The van der Waals surface area contributed by atoms with Gasteiger partial charge in [-0.2, -0.15) is 0 Å². The van der Waals surface area contributed by atoms with E-state index >= 15 is 0 Å². The summed E-state index contributed by atoms with van der Waals surface area (Å²) in [7, 11) is 2.21. The van der Waals surface area contributed by atoms with Gasteiger partial charge < -0.3 is 14.5 Å². The molecular weight excluding hydrogens is 492 g/mol. The minimum Gasteiger partial charge on any atom is -0.353 e. The van der Waals surface area contributed by atoms with E-state index in [0.717, 1.165) is 53.7 Å². The van der Waals surface area contributed by atoms with E-state index in [0.29, 0.717) is 0 Å². The SMILES string of the molecule is CN1CCN(CCn2c(-c3cc4ccc(Br)cc4[nH]3)cc3cc(Br)ccc32)CC1. The molecule has 1 aliphatic rings. The lowest BCUT2D eigenvalue weighted by Gasteiger charge is -2.32. The molecule has 6 heteroatoms. The fourth-order valence-corrected chi connectivity index (χ4v) is 5.00. The van der Waals surface area contributed by atoms with Gasteiger partial charge >= 0.3 is 0 Å². The van der Waals surface area contributed by atoms with Gasteiger partial charge in [-0.15, -0.1) is 0 Å². The summed E-state index contributed by atoms with van der Waals surface area (Å²) in [6.07, 6.45) is 0. The average molecular weight is 516 g/mol. The minimum atomic E-state index is 0.989. The number of aromatic nitrogens is 2. The molecule has 0 bridgehead atoms. The van der Waals surface area contributed by atoms with E-state index in [2.05, 4.69) is 107 Å². The molecule has 2 aromatic heterocycles. The van der Waals surface area contributed by atoms with Crippen LogP contribution in [0.25, 0.3) is 33.2 Å². The van der Waals surface area contributed by atoms with Gasteiger partial charge in [0.05, 0.1) is 11.4 Å². The van der Waals surface area contributed by atoms with Crippen molar-refractivity contribution in [1.29, 1.82) is 0 Å². The summed E-state index contributed by atoms with van der Waals surface area (Å²) < 4.78 is 4.69. The van der Waals surface area contributed by atoms with Crippen molar-refractivity contribution in [1.82, 2.24) is 19.4 Å². The van der Waals surface area contributed by atoms with E-state index in [4.69, 9.17) is 0 Å². The smallest absolute Gasteiger partial charge is 0.0657 e. The first kappa shape index (κ1) is 19.4. The Morgan fingerprint density at radius 3 is 2.41 bits per heavy atom. The van der Waals surface area contributed by atoms with Crippen molar-refractivity contribution in [3.63, 3.8) is 0 Å². The number of hydrogen-bond acceptors (Lipinski definition) is 2. The lowest BCUT2D eigenvalue weighted by molar-refractivity contribution is 0.150. The van der Waals surface area contributed by atoms with Crippen LogP contribution in [0, 0.1) is 0 Å². The lowest BCUT2D eigenvalue weighted by atomic mass is 10.2. The lowest BCUT2D eigenvalue weighted by Crippen LogP contribution is -2.45. The molecule has 0 spiro atoms. The van der Waals surface area contributed by atoms with Gasteiger partial charge in [-0.3, -0.25) is 4.90 Å². The second-order valence-corrected chi connectivity index (χ2v) is 9.78. The Balaban J connectivity index is 1.53. The average Bonchev–Trinajstić information content (AvgIpc) is 3.27. The molecule has 29 heavy (non-hydrogen) atoms. The summed E-state index contributed by atoms with van der Waals surface area (Å²) in [5.41, 5.74) is 4.87. The van der Waals surface area contributed by atoms with Crippen LogP contribution in [0.2, 0.25) is 0 Å². The zero-order valence-electron chi connectivity index (χ0n) is 16.5. The molecule has 0 radical (unpaired) electrons. The summed E-state index contributed by atoms with van der Waals surface area (Å²) >= 11 is 7.21. The van der Waals surface area contributed by atoms with Crippen LogP contribution in [0.15, 0.2) is 57.5 Å². The Kier molecular flexibility index (Phi) is 5.28. The van der Waals surface area contributed by atoms with Crippen LogP contribution in [-0.4, -0.2) is 59.1 Å². The molecule has 1 fully saturated rings. The molecule has 0 saturated carbocycles. The maximum atomic E-state index is 3.63. The fourth-order valence-electron chi connectivity index (χ4n) is 4.26. The maximum absolute atomic E-state index is 3.63. The molecule has 1 saturated heterocycles. The maximum Gasteiger partial charge on any atom is 0.0657 e. The van der Waals surface area contributed by atoms with Gasteiger partial charge in [-0.05, 0) is 49.5 Å². The highest BCUT2D eigenvalue weighted by molar-refractivity contribution is 9.10. The summed E-state index contributed by atoms with van der Waals surface area (Å²) in [6, 6.07) is 17.6. The van der Waals surface area contributed by atoms with E-state index in [1.807, 2.05) is 0 Å². The summed E-state index contributed by atoms with van der Waals surface area (Å²) in [5.74, 6) is 0. The predicted octanol–water partition coefficient (Wildman–Crippen LogP) is 5.56. The highest BCUT2D eigenvalue weighted by atomic mass is 79.9. The number of halogens is 2. The van der Waals surface area contributed by atoms with Crippen LogP contribution in [-0.2, 0) is 6.54 Å². The number of piperazine rings is 1. The van der Waals surface area contributed by atoms with E-state index in [1.54, 1.807) is 0 Å². The molecule has 3 heterocycles. The molecule has 4 nitrogen and oxygen atoms in total. The summed E-state index contributed by atoms with van der Waals surface area (Å²) in [4.78, 5) is 8.62.